The van der Waals surface area contributed by atoms with Gasteiger partial charge in [-0.2, -0.15) is 0 Å². The van der Waals surface area contributed by atoms with Crippen LogP contribution >= 0.6 is 0 Å². The van der Waals surface area contributed by atoms with E-state index in [-0.39, 0.29) is 16.9 Å². The molecule has 1 saturated heterocycles. The molecule has 0 saturated carbocycles. The molecule has 0 spiro atoms. The molecule has 1 aromatic carbocycles. The van der Waals surface area contributed by atoms with Crippen molar-refractivity contribution in [2.75, 3.05) is 6.61 Å². The van der Waals surface area contributed by atoms with E-state index in [1.165, 1.54) is 11.1 Å². The van der Waals surface area contributed by atoms with Gasteiger partial charge < -0.3 is 14.6 Å². The summed E-state index contributed by atoms with van der Waals surface area (Å²) in [4.78, 5) is 12.8. The summed E-state index contributed by atoms with van der Waals surface area (Å²) in [5.41, 5.74) is 2.77. The number of carbonyl (C=O) groups is 1. The van der Waals surface area contributed by atoms with Crippen LogP contribution < -0.4 is 5.32 Å². The second-order valence-corrected chi connectivity index (χ2v) is 8.01. The fourth-order valence-corrected chi connectivity index (χ4v) is 4.18. The summed E-state index contributed by atoms with van der Waals surface area (Å²) in [6, 6.07) is 10.2. The average molecular weight is 356 g/mol. The van der Waals surface area contributed by atoms with E-state index in [0.717, 1.165) is 24.3 Å². The minimum Gasteiger partial charge on any atom is -0.376 e. The Morgan fingerprint density at radius 2 is 2.04 bits per heavy atom. The largest absolute Gasteiger partial charge is 0.376 e. The highest BCUT2D eigenvalue weighted by Crippen LogP contribution is 2.45. The van der Waals surface area contributed by atoms with Crippen LogP contribution in [0, 0.1) is 13.8 Å². The van der Waals surface area contributed by atoms with Crippen LogP contribution in [0.2, 0.25) is 0 Å². The van der Waals surface area contributed by atoms with Crippen LogP contribution in [0.4, 0.5) is 0 Å². The quantitative estimate of drug-likeness (QED) is 0.884. The SMILES string of the molecule is Cc1cc(CNC(=O)C[C@@]2(c3ccccc3C)CCOC(C)(C)C2)no1. The van der Waals surface area contributed by atoms with E-state index in [4.69, 9.17) is 9.26 Å². The van der Waals surface area contributed by atoms with Crippen LogP contribution in [-0.4, -0.2) is 23.3 Å². The molecular formula is C21H28N2O3. The molecule has 1 aliphatic heterocycles. The zero-order valence-corrected chi connectivity index (χ0v) is 16.1. The summed E-state index contributed by atoms with van der Waals surface area (Å²) in [5.74, 6) is 0.781. The molecule has 2 aromatic rings. The molecule has 1 N–H and O–H groups in total. The Bertz CT molecular complexity index is 781. The Hall–Kier alpha value is -2.14. The number of nitrogens with zero attached hydrogens (tertiary/aromatic N) is 1. The molecule has 140 valence electrons. The molecule has 26 heavy (non-hydrogen) atoms. The molecule has 2 heterocycles. The van der Waals surface area contributed by atoms with E-state index in [2.05, 4.69) is 49.4 Å². The third kappa shape index (κ3) is 4.15. The van der Waals surface area contributed by atoms with Gasteiger partial charge in [-0.15, -0.1) is 0 Å². The van der Waals surface area contributed by atoms with Crippen LogP contribution in [-0.2, 0) is 21.5 Å². The number of benzene rings is 1. The predicted molar refractivity (Wildman–Crippen MR) is 99.8 cm³/mol. The maximum absolute atomic E-state index is 12.8. The van der Waals surface area contributed by atoms with Crippen molar-refractivity contribution >= 4 is 5.91 Å². The molecule has 5 nitrogen and oxygen atoms in total. The number of rotatable bonds is 5. The molecule has 3 rings (SSSR count). The first kappa shape index (κ1) is 18.6. The summed E-state index contributed by atoms with van der Waals surface area (Å²) in [6.07, 6.45) is 2.11. The van der Waals surface area contributed by atoms with Gasteiger partial charge >= 0.3 is 0 Å². The summed E-state index contributed by atoms with van der Waals surface area (Å²) < 4.78 is 11.0. The predicted octanol–water partition coefficient (Wildman–Crippen LogP) is 3.82. The van der Waals surface area contributed by atoms with Crippen molar-refractivity contribution in [2.45, 2.75) is 64.5 Å². The molecule has 1 fully saturated rings. The lowest BCUT2D eigenvalue weighted by atomic mass is 9.66. The molecule has 1 amide bonds. The molecule has 0 aliphatic carbocycles. The molecule has 1 aliphatic rings. The molecule has 0 radical (unpaired) electrons. The summed E-state index contributed by atoms with van der Waals surface area (Å²) in [7, 11) is 0. The zero-order chi connectivity index (χ0) is 18.8. The highest BCUT2D eigenvalue weighted by Gasteiger charge is 2.44. The van der Waals surface area contributed by atoms with Crippen LogP contribution in [0.5, 0.6) is 0 Å². The summed E-state index contributed by atoms with van der Waals surface area (Å²) >= 11 is 0. The van der Waals surface area contributed by atoms with Gasteiger partial charge in [0.1, 0.15) is 11.5 Å². The van der Waals surface area contributed by atoms with Gasteiger partial charge in [0.15, 0.2) is 0 Å². The maximum atomic E-state index is 12.8. The number of ether oxygens (including phenoxy) is 1. The first-order valence-corrected chi connectivity index (χ1v) is 9.19. The number of amides is 1. The second-order valence-electron chi connectivity index (χ2n) is 8.01. The maximum Gasteiger partial charge on any atom is 0.221 e. The third-order valence-electron chi connectivity index (χ3n) is 5.20. The van der Waals surface area contributed by atoms with Crippen LogP contribution in [0.3, 0.4) is 0 Å². The Morgan fingerprint density at radius 3 is 2.69 bits per heavy atom. The Kier molecular flexibility index (Phi) is 5.19. The monoisotopic (exact) mass is 356 g/mol. The van der Waals surface area contributed by atoms with Crippen molar-refractivity contribution in [1.29, 1.82) is 0 Å². The van der Waals surface area contributed by atoms with E-state index in [9.17, 15) is 4.79 Å². The van der Waals surface area contributed by atoms with Gasteiger partial charge in [0.2, 0.25) is 5.91 Å². The minimum atomic E-state index is -0.246. The van der Waals surface area contributed by atoms with Crippen molar-refractivity contribution in [2.24, 2.45) is 0 Å². The first-order chi connectivity index (χ1) is 12.3. The number of hydrogen-bond acceptors (Lipinski definition) is 4. The normalized spacial score (nSPS) is 22.2. The van der Waals surface area contributed by atoms with Crippen LogP contribution in [0.1, 0.15) is 55.7 Å². The Morgan fingerprint density at radius 1 is 1.27 bits per heavy atom. The van der Waals surface area contributed by atoms with Gasteiger partial charge in [-0.05, 0) is 51.7 Å². The van der Waals surface area contributed by atoms with Crippen molar-refractivity contribution in [3.8, 4) is 0 Å². The van der Waals surface area contributed by atoms with E-state index in [1.807, 2.05) is 19.1 Å². The van der Waals surface area contributed by atoms with E-state index in [1.54, 1.807) is 0 Å². The molecule has 5 heteroatoms. The second kappa shape index (κ2) is 7.23. The van der Waals surface area contributed by atoms with Gasteiger partial charge in [0.25, 0.3) is 0 Å². The summed E-state index contributed by atoms with van der Waals surface area (Å²) in [6.45, 7) is 9.23. The number of aryl methyl sites for hydroxylation is 2. The first-order valence-electron chi connectivity index (χ1n) is 9.19. The average Bonchev–Trinajstić information content (AvgIpc) is 2.98. The molecule has 1 aromatic heterocycles. The number of carbonyl (C=O) groups excluding carboxylic acids is 1. The lowest BCUT2D eigenvalue weighted by Crippen LogP contribution is -2.46. The lowest BCUT2D eigenvalue weighted by Gasteiger charge is -2.45. The van der Waals surface area contributed by atoms with E-state index >= 15 is 0 Å². The lowest BCUT2D eigenvalue weighted by molar-refractivity contribution is -0.126. The summed E-state index contributed by atoms with van der Waals surface area (Å²) in [5, 5.41) is 6.94. The molecule has 0 unspecified atom stereocenters. The van der Waals surface area contributed by atoms with Crippen LogP contribution in [0.25, 0.3) is 0 Å². The van der Waals surface area contributed by atoms with Crippen molar-refractivity contribution < 1.29 is 14.1 Å². The third-order valence-corrected chi connectivity index (χ3v) is 5.20. The Balaban J connectivity index is 1.80. The minimum absolute atomic E-state index is 0.0339. The van der Waals surface area contributed by atoms with E-state index in [0.29, 0.717) is 19.6 Å². The smallest absolute Gasteiger partial charge is 0.221 e. The fraction of sp³-hybridized carbons (Fsp3) is 0.524. The molecular weight excluding hydrogens is 328 g/mol. The van der Waals surface area contributed by atoms with Crippen molar-refractivity contribution in [3.63, 3.8) is 0 Å². The van der Waals surface area contributed by atoms with Crippen molar-refractivity contribution in [1.82, 2.24) is 10.5 Å². The highest BCUT2D eigenvalue weighted by molar-refractivity contribution is 5.77. The standard InChI is InChI=1S/C21H28N2O3/c1-15-7-5-6-8-18(15)21(9-10-25-20(3,4)14-21)12-19(24)22-13-17-11-16(2)26-23-17/h5-8,11H,9-10,12-14H2,1-4H3,(H,22,24)/t21-/m0/s1. The molecule has 0 bridgehead atoms. The van der Waals surface area contributed by atoms with Gasteiger partial charge in [-0.1, -0.05) is 29.4 Å². The highest BCUT2D eigenvalue weighted by atomic mass is 16.5. The number of hydrogen-bond donors (Lipinski definition) is 1. The number of aromatic nitrogens is 1. The van der Waals surface area contributed by atoms with Crippen molar-refractivity contribution in [3.05, 3.63) is 52.9 Å². The topological polar surface area (TPSA) is 64.4 Å². The Labute approximate surface area is 155 Å². The van der Waals surface area contributed by atoms with Gasteiger partial charge in [0, 0.05) is 24.5 Å². The number of nitrogens with one attached hydrogen (secondary N) is 1. The van der Waals surface area contributed by atoms with Gasteiger partial charge in [0.05, 0.1) is 12.1 Å². The van der Waals surface area contributed by atoms with Crippen LogP contribution in [0.15, 0.2) is 34.9 Å². The van der Waals surface area contributed by atoms with E-state index < -0.39 is 0 Å². The zero-order valence-electron chi connectivity index (χ0n) is 16.1. The fourth-order valence-electron chi connectivity index (χ4n) is 4.18. The van der Waals surface area contributed by atoms with Gasteiger partial charge in [-0.25, -0.2) is 0 Å². The molecule has 1 atom stereocenters. The van der Waals surface area contributed by atoms with Gasteiger partial charge in [-0.3, -0.25) is 4.79 Å².